The van der Waals surface area contributed by atoms with Crippen LogP contribution in [0.1, 0.15) is 297 Å². The smallest absolute Gasteiger partial charge is 0.306 e. The van der Waals surface area contributed by atoms with E-state index in [0.29, 0.717) is 19.3 Å². The summed E-state index contributed by atoms with van der Waals surface area (Å²) in [4.78, 5) is 38.2. The molecule has 0 aromatic carbocycles. The fourth-order valence-electron chi connectivity index (χ4n) is 8.73. The van der Waals surface area contributed by atoms with Crippen LogP contribution in [-0.4, -0.2) is 37.2 Å². The SMILES string of the molecule is CC/C=C\C/C=C\C/C=C\C/C=C\C/C=C\C/C=C\C/C=C\C/C=C\CCCCCCCCCCC(=O)OCC(COC(=O)CCCCCCC/C=C\CCCC)OC(=O)CCCCCCCCCCCCCCCC. The molecule has 1 unspecified atom stereocenters. The van der Waals surface area contributed by atoms with Crippen LogP contribution in [0.4, 0.5) is 0 Å². The molecule has 0 radical (unpaired) electrons. The second-order valence-electron chi connectivity index (χ2n) is 20.9. The average molecular weight is 1060 g/mol. The van der Waals surface area contributed by atoms with E-state index in [4.69, 9.17) is 14.2 Å². The van der Waals surface area contributed by atoms with Crippen LogP contribution in [0.2, 0.25) is 0 Å². The van der Waals surface area contributed by atoms with Crippen LogP contribution in [-0.2, 0) is 28.6 Å². The van der Waals surface area contributed by atoms with E-state index in [1.807, 2.05) is 0 Å². The number of ether oxygens (including phenoxy) is 3. The summed E-state index contributed by atoms with van der Waals surface area (Å²) in [7, 11) is 0. The van der Waals surface area contributed by atoms with E-state index in [-0.39, 0.29) is 31.1 Å². The van der Waals surface area contributed by atoms with Gasteiger partial charge < -0.3 is 14.2 Å². The largest absolute Gasteiger partial charge is 0.462 e. The molecule has 0 aromatic heterocycles. The summed E-state index contributed by atoms with van der Waals surface area (Å²) in [5.74, 6) is -0.893. The molecule has 0 aromatic rings. The summed E-state index contributed by atoms with van der Waals surface area (Å²) in [6.07, 6.45) is 86.7. The molecule has 0 amide bonds. The first-order valence-corrected chi connectivity index (χ1v) is 31.9. The van der Waals surface area contributed by atoms with Gasteiger partial charge in [-0.3, -0.25) is 14.4 Å². The van der Waals surface area contributed by atoms with Gasteiger partial charge in [0.05, 0.1) is 0 Å². The normalized spacial score (nSPS) is 12.8. The lowest BCUT2D eigenvalue weighted by Gasteiger charge is -2.18. The van der Waals surface area contributed by atoms with Crippen LogP contribution in [0.3, 0.4) is 0 Å². The van der Waals surface area contributed by atoms with Gasteiger partial charge in [-0.2, -0.15) is 0 Å². The maximum absolute atomic E-state index is 12.9. The van der Waals surface area contributed by atoms with E-state index in [1.165, 1.54) is 135 Å². The molecular weight excluding hydrogens is 937 g/mol. The predicted molar refractivity (Wildman–Crippen MR) is 330 cm³/mol. The van der Waals surface area contributed by atoms with Crippen molar-refractivity contribution in [2.45, 2.75) is 303 Å². The van der Waals surface area contributed by atoms with Gasteiger partial charge in [0.2, 0.25) is 0 Å². The third kappa shape index (κ3) is 60.9. The molecule has 0 bridgehead atoms. The molecule has 1 atom stereocenters. The van der Waals surface area contributed by atoms with Crippen molar-refractivity contribution < 1.29 is 28.6 Å². The van der Waals surface area contributed by atoms with Gasteiger partial charge in [-0.25, -0.2) is 0 Å². The standard InChI is InChI=1S/C70H118O6/c1-4-7-10-13-16-19-22-24-26-27-28-29-30-31-32-33-34-35-36-37-38-39-40-41-42-43-44-46-48-51-54-57-60-63-69(72)75-66-67(65-74-68(71)62-59-56-53-50-47-21-18-15-12-9-6-3)76-70(73)64-61-58-55-52-49-45-25-23-20-17-14-11-8-5-2/h7,10,15-16,18-19,24,26,28-29,31-32,34-35,37-38,40-41,67H,4-6,8-9,11-14,17,20-23,25,27,30,33,36,39,42-66H2,1-3H3/b10-7-,18-15-,19-16-,26-24-,29-28-,32-31-,35-34-,38-37-,41-40-. The second kappa shape index (κ2) is 63.6. The highest BCUT2D eigenvalue weighted by atomic mass is 16.6. The summed E-state index contributed by atoms with van der Waals surface area (Å²) in [5, 5.41) is 0. The Kier molecular flexibility index (Phi) is 60.3. The van der Waals surface area contributed by atoms with Gasteiger partial charge in [0.15, 0.2) is 6.10 Å². The van der Waals surface area contributed by atoms with Crippen LogP contribution in [0.25, 0.3) is 0 Å². The van der Waals surface area contributed by atoms with Gasteiger partial charge in [-0.05, 0) is 103 Å². The average Bonchev–Trinajstić information content (AvgIpc) is 3.42. The zero-order valence-corrected chi connectivity index (χ0v) is 49.7. The number of carbonyl (C=O) groups excluding carboxylic acids is 3. The van der Waals surface area contributed by atoms with Crippen LogP contribution in [0.5, 0.6) is 0 Å². The lowest BCUT2D eigenvalue weighted by molar-refractivity contribution is -0.167. The monoisotopic (exact) mass is 1050 g/mol. The van der Waals surface area contributed by atoms with Crippen molar-refractivity contribution in [1.82, 2.24) is 0 Å². The Morgan fingerprint density at radius 2 is 0.526 bits per heavy atom. The van der Waals surface area contributed by atoms with Gasteiger partial charge in [0.1, 0.15) is 13.2 Å². The van der Waals surface area contributed by atoms with Crippen molar-refractivity contribution in [2.24, 2.45) is 0 Å². The van der Waals surface area contributed by atoms with Gasteiger partial charge >= 0.3 is 17.9 Å². The highest BCUT2D eigenvalue weighted by molar-refractivity contribution is 5.71. The molecular formula is C70H118O6. The number of unbranched alkanes of at least 4 members (excludes halogenated alkanes) is 28. The molecule has 0 rings (SSSR count). The third-order valence-electron chi connectivity index (χ3n) is 13.5. The molecule has 0 aliphatic rings. The Bertz CT molecular complexity index is 1540. The van der Waals surface area contributed by atoms with Crippen LogP contribution < -0.4 is 0 Å². The Morgan fingerprint density at radius 1 is 0.276 bits per heavy atom. The van der Waals surface area contributed by atoms with Gasteiger partial charge in [0.25, 0.3) is 0 Å². The van der Waals surface area contributed by atoms with Gasteiger partial charge in [-0.1, -0.05) is 284 Å². The second-order valence-corrected chi connectivity index (χ2v) is 20.9. The molecule has 0 aliphatic heterocycles. The maximum atomic E-state index is 12.9. The molecule has 0 saturated carbocycles. The summed E-state index contributed by atoms with van der Waals surface area (Å²) in [6.45, 7) is 6.49. The topological polar surface area (TPSA) is 78.9 Å². The zero-order chi connectivity index (χ0) is 55.0. The molecule has 434 valence electrons. The molecule has 0 heterocycles. The molecule has 76 heavy (non-hydrogen) atoms. The van der Waals surface area contributed by atoms with Crippen LogP contribution in [0.15, 0.2) is 109 Å². The van der Waals surface area contributed by atoms with Crippen LogP contribution in [0, 0.1) is 0 Å². The van der Waals surface area contributed by atoms with E-state index in [2.05, 4.69) is 130 Å². The predicted octanol–water partition coefficient (Wildman–Crippen LogP) is 21.8. The number of carbonyl (C=O) groups is 3. The molecule has 0 saturated heterocycles. The van der Waals surface area contributed by atoms with E-state index < -0.39 is 6.10 Å². The lowest BCUT2D eigenvalue weighted by Crippen LogP contribution is -2.30. The maximum Gasteiger partial charge on any atom is 0.306 e. The zero-order valence-electron chi connectivity index (χ0n) is 49.7. The van der Waals surface area contributed by atoms with Crippen molar-refractivity contribution in [2.75, 3.05) is 13.2 Å². The minimum absolute atomic E-state index is 0.0824. The number of rotatable bonds is 57. The molecule has 0 aliphatic carbocycles. The van der Waals surface area contributed by atoms with E-state index in [0.717, 1.165) is 122 Å². The highest BCUT2D eigenvalue weighted by Gasteiger charge is 2.19. The summed E-state index contributed by atoms with van der Waals surface area (Å²) in [5.41, 5.74) is 0. The summed E-state index contributed by atoms with van der Waals surface area (Å²) >= 11 is 0. The Morgan fingerprint density at radius 3 is 0.855 bits per heavy atom. The highest BCUT2D eigenvalue weighted by Crippen LogP contribution is 2.16. The third-order valence-corrected chi connectivity index (χ3v) is 13.5. The first kappa shape index (κ1) is 72.1. The van der Waals surface area contributed by atoms with E-state index in [9.17, 15) is 14.4 Å². The number of hydrogen-bond acceptors (Lipinski definition) is 6. The van der Waals surface area contributed by atoms with Gasteiger partial charge in [0, 0.05) is 19.3 Å². The van der Waals surface area contributed by atoms with E-state index >= 15 is 0 Å². The van der Waals surface area contributed by atoms with Crippen molar-refractivity contribution in [3.63, 3.8) is 0 Å². The first-order chi connectivity index (χ1) is 37.5. The first-order valence-electron chi connectivity index (χ1n) is 31.9. The van der Waals surface area contributed by atoms with Gasteiger partial charge in [-0.15, -0.1) is 0 Å². The Labute approximate surface area is 470 Å². The fourth-order valence-corrected chi connectivity index (χ4v) is 8.73. The number of allylic oxidation sites excluding steroid dienone is 18. The molecule has 0 N–H and O–H groups in total. The molecule has 6 heteroatoms. The van der Waals surface area contributed by atoms with Crippen molar-refractivity contribution in [3.05, 3.63) is 109 Å². The molecule has 0 fully saturated rings. The molecule has 0 spiro atoms. The Balaban J connectivity index is 4.21. The van der Waals surface area contributed by atoms with E-state index in [1.54, 1.807) is 0 Å². The fraction of sp³-hybridized carbons (Fsp3) is 0.700. The van der Waals surface area contributed by atoms with Crippen molar-refractivity contribution in [1.29, 1.82) is 0 Å². The summed E-state index contributed by atoms with van der Waals surface area (Å²) < 4.78 is 16.9. The molecule has 6 nitrogen and oxygen atoms in total. The Hall–Kier alpha value is -3.93. The lowest BCUT2D eigenvalue weighted by atomic mass is 10.0. The summed E-state index contributed by atoms with van der Waals surface area (Å²) in [6, 6.07) is 0. The number of esters is 3. The minimum atomic E-state index is -0.783. The van der Waals surface area contributed by atoms with Crippen LogP contribution >= 0.6 is 0 Å². The quantitative estimate of drug-likeness (QED) is 0.0261. The van der Waals surface area contributed by atoms with Crippen molar-refractivity contribution >= 4 is 17.9 Å². The van der Waals surface area contributed by atoms with Crippen molar-refractivity contribution in [3.8, 4) is 0 Å². The number of hydrogen-bond donors (Lipinski definition) is 0. The minimum Gasteiger partial charge on any atom is -0.462 e.